The molecule has 1 aliphatic heterocycles. The van der Waals surface area contributed by atoms with Crippen LogP contribution in [0.1, 0.15) is 73.3 Å². The van der Waals surface area contributed by atoms with Gasteiger partial charge in [-0.1, -0.05) is 6.07 Å². The zero-order valence-corrected chi connectivity index (χ0v) is 25.8. The molecule has 224 valence electrons. The van der Waals surface area contributed by atoms with E-state index in [1.807, 2.05) is 59.9 Å². The predicted octanol–water partition coefficient (Wildman–Crippen LogP) is 6.35. The van der Waals surface area contributed by atoms with Gasteiger partial charge in [0.05, 0.1) is 12.2 Å². The van der Waals surface area contributed by atoms with Crippen molar-refractivity contribution in [2.45, 2.75) is 79.5 Å². The molecule has 0 unspecified atom stereocenters. The van der Waals surface area contributed by atoms with Crippen LogP contribution in [0.25, 0.3) is 11.1 Å². The van der Waals surface area contributed by atoms with Gasteiger partial charge in [0.1, 0.15) is 11.4 Å². The highest BCUT2D eigenvalue weighted by Gasteiger charge is 2.25. The van der Waals surface area contributed by atoms with Gasteiger partial charge in [-0.15, -0.1) is 0 Å². The van der Waals surface area contributed by atoms with E-state index in [1.165, 1.54) is 0 Å². The smallest absolute Gasteiger partial charge is 0.413 e. The van der Waals surface area contributed by atoms with Gasteiger partial charge in [0, 0.05) is 55.0 Å². The van der Waals surface area contributed by atoms with Gasteiger partial charge in [-0.2, -0.15) is 0 Å². The molecule has 0 atom stereocenters. The molecule has 0 spiro atoms. The van der Waals surface area contributed by atoms with Crippen LogP contribution in [0.4, 0.5) is 16.3 Å². The van der Waals surface area contributed by atoms with E-state index in [2.05, 4.69) is 44.6 Å². The van der Waals surface area contributed by atoms with Crippen LogP contribution >= 0.6 is 0 Å². The van der Waals surface area contributed by atoms with E-state index in [0.29, 0.717) is 24.0 Å². The molecule has 1 aromatic carbocycles. The van der Waals surface area contributed by atoms with E-state index < -0.39 is 11.7 Å². The van der Waals surface area contributed by atoms with Gasteiger partial charge in [-0.05, 0) is 108 Å². The van der Waals surface area contributed by atoms with E-state index >= 15 is 0 Å². The highest BCUT2D eigenvalue weighted by Crippen LogP contribution is 2.34. The highest BCUT2D eigenvalue weighted by molar-refractivity contribution is 5.99. The van der Waals surface area contributed by atoms with Crippen molar-refractivity contribution in [1.82, 2.24) is 15.3 Å². The molecule has 0 saturated carbocycles. The topological polar surface area (TPSA) is 106 Å². The van der Waals surface area contributed by atoms with E-state index in [0.717, 1.165) is 71.8 Å². The molecule has 0 aliphatic carbocycles. The average Bonchev–Trinajstić information content (AvgIpc) is 2.93. The second-order valence-corrected chi connectivity index (χ2v) is 11.8. The van der Waals surface area contributed by atoms with E-state index in [9.17, 15) is 9.59 Å². The molecule has 3 heterocycles. The third-order valence-corrected chi connectivity index (χ3v) is 7.37. The molecule has 4 rings (SSSR count). The summed E-state index contributed by atoms with van der Waals surface area (Å²) >= 11 is 0. The first-order valence-electron chi connectivity index (χ1n) is 14.6. The fraction of sp³-hybridized carbons (Fsp3) is 0.455. The number of nitrogens with one attached hydrogen (secondary N) is 2. The summed E-state index contributed by atoms with van der Waals surface area (Å²) in [6.45, 7) is 16.2. The van der Waals surface area contributed by atoms with Crippen LogP contribution < -0.4 is 15.5 Å². The molecule has 2 aromatic heterocycles. The van der Waals surface area contributed by atoms with Crippen molar-refractivity contribution < 1.29 is 19.1 Å². The molecular weight excluding hydrogens is 530 g/mol. The summed E-state index contributed by atoms with van der Waals surface area (Å²) in [7, 11) is 0. The Morgan fingerprint density at radius 3 is 2.38 bits per heavy atom. The lowest BCUT2D eigenvalue weighted by molar-refractivity contribution is 0.0635. The Hall–Kier alpha value is -3.98. The maximum atomic E-state index is 13.7. The van der Waals surface area contributed by atoms with Gasteiger partial charge < -0.3 is 19.7 Å². The van der Waals surface area contributed by atoms with Crippen LogP contribution in [0.5, 0.6) is 0 Å². The number of carbonyl (C=O) groups excluding carboxylic acids is 2. The highest BCUT2D eigenvalue weighted by atomic mass is 16.6. The number of ether oxygens (including phenoxy) is 2. The minimum Gasteiger partial charge on any atom is -0.444 e. The fourth-order valence-electron chi connectivity index (χ4n) is 5.26. The zero-order chi connectivity index (χ0) is 30.4. The maximum absolute atomic E-state index is 13.7. The Labute approximate surface area is 249 Å². The second-order valence-electron chi connectivity index (χ2n) is 11.8. The van der Waals surface area contributed by atoms with Crippen LogP contribution in [-0.4, -0.2) is 53.4 Å². The zero-order valence-electron chi connectivity index (χ0n) is 25.8. The van der Waals surface area contributed by atoms with Crippen LogP contribution in [0.15, 0.2) is 42.7 Å². The van der Waals surface area contributed by atoms with Gasteiger partial charge in [-0.25, -0.2) is 9.78 Å². The van der Waals surface area contributed by atoms with Gasteiger partial charge >= 0.3 is 6.09 Å². The molecular formula is C33H43N5O4. The first kappa shape index (κ1) is 31.0. The van der Waals surface area contributed by atoms with Crippen molar-refractivity contribution in [2.75, 3.05) is 30.0 Å². The molecule has 3 aromatic rings. The molecule has 2 N–H and O–H groups in total. The number of carbonyl (C=O) groups is 2. The quantitative estimate of drug-likeness (QED) is 0.323. The number of hydrogen-bond acceptors (Lipinski definition) is 7. The van der Waals surface area contributed by atoms with Crippen molar-refractivity contribution in [3.63, 3.8) is 0 Å². The normalized spacial score (nSPS) is 13.9. The second kappa shape index (κ2) is 13.3. The molecule has 2 amide bonds. The lowest BCUT2D eigenvalue weighted by Gasteiger charge is -2.37. The van der Waals surface area contributed by atoms with Gasteiger partial charge in [-0.3, -0.25) is 15.1 Å². The van der Waals surface area contributed by atoms with Crippen LogP contribution in [0.2, 0.25) is 0 Å². The number of aryl methyl sites for hydroxylation is 2. The standard InChI is InChI=1S/C33H43N5O4/c1-8-38(26-11-13-41-14-12-26)29-17-25(24-9-10-30(35-19-24)37-32(40)42-33(5,6)7)16-27(23(29)4)31(39)36-20-28-22(3)15-21(2)18-34-28/h9-10,15-19,26H,8,11-14,20H2,1-7H3,(H,36,39)(H,35,37,40). The van der Waals surface area contributed by atoms with Crippen molar-refractivity contribution in [3.8, 4) is 11.1 Å². The van der Waals surface area contributed by atoms with Gasteiger partial charge in [0.2, 0.25) is 0 Å². The van der Waals surface area contributed by atoms with E-state index in [4.69, 9.17) is 9.47 Å². The summed E-state index contributed by atoms with van der Waals surface area (Å²) in [5, 5.41) is 5.77. The molecule has 1 fully saturated rings. The average molecular weight is 574 g/mol. The number of hydrogen-bond donors (Lipinski definition) is 2. The molecule has 1 saturated heterocycles. The summed E-state index contributed by atoms with van der Waals surface area (Å²) in [4.78, 5) is 37.2. The van der Waals surface area contributed by atoms with Crippen molar-refractivity contribution in [2.24, 2.45) is 0 Å². The molecule has 9 nitrogen and oxygen atoms in total. The molecule has 0 bridgehead atoms. The summed E-state index contributed by atoms with van der Waals surface area (Å²) in [6.07, 6.45) is 4.83. The molecule has 0 radical (unpaired) electrons. The van der Waals surface area contributed by atoms with Crippen molar-refractivity contribution in [3.05, 3.63) is 70.7 Å². The SMILES string of the molecule is CCN(c1cc(-c2ccc(NC(=O)OC(C)(C)C)nc2)cc(C(=O)NCc2ncc(C)cc2C)c1C)C1CCOCC1. The van der Waals surface area contributed by atoms with Crippen LogP contribution in [0, 0.1) is 20.8 Å². The number of amides is 2. The summed E-state index contributed by atoms with van der Waals surface area (Å²) in [5.74, 6) is 0.230. The largest absolute Gasteiger partial charge is 0.444 e. The number of nitrogens with zero attached hydrogens (tertiary/aromatic N) is 3. The minimum absolute atomic E-state index is 0.156. The van der Waals surface area contributed by atoms with Gasteiger partial charge in [0.25, 0.3) is 5.91 Å². The molecule has 1 aliphatic rings. The maximum Gasteiger partial charge on any atom is 0.413 e. The van der Waals surface area contributed by atoms with Gasteiger partial charge in [0.15, 0.2) is 0 Å². The lowest BCUT2D eigenvalue weighted by Crippen LogP contribution is -2.40. The Bertz CT molecular complexity index is 1410. The van der Waals surface area contributed by atoms with E-state index in [1.54, 1.807) is 12.3 Å². The number of anilines is 2. The number of aromatic nitrogens is 2. The fourth-order valence-corrected chi connectivity index (χ4v) is 5.26. The first-order valence-corrected chi connectivity index (χ1v) is 14.6. The van der Waals surface area contributed by atoms with Crippen LogP contribution in [-0.2, 0) is 16.0 Å². The Morgan fingerprint density at radius 1 is 1.02 bits per heavy atom. The molecule has 42 heavy (non-hydrogen) atoms. The monoisotopic (exact) mass is 573 g/mol. The van der Waals surface area contributed by atoms with Crippen LogP contribution in [0.3, 0.4) is 0 Å². The third kappa shape index (κ3) is 7.85. The van der Waals surface area contributed by atoms with Crippen molar-refractivity contribution in [1.29, 1.82) is 0 Å². The minimum atomic E-state index is -0.608. The Balaban J connectivity index is 1.66. The van der Waals surface area contributed by atoms with E-state index in [-0.39, 0.29) is 5.91 Å². The summed E-state index contributed by atoms with van der Waals surface area (Å²) < 4.78 is 11.0. The lowest BCUT2D eigenvalue weighted by atomic mass is 9.95. The number of rotatable bonds is 8. The summed E-state index contributed by atoms with van der Waals surface area (Å²) in [6, 6.07) is 10.1. The van der Waals surface area contributed by atoms with Crippen molar-refractivity contribution >= 4 is 23.5 Å². The number of benzene rings is 1. The molecule has 9 heteroatoms. The summed E-state index contributed by atoms with van der Waals surface area (Å²) in [5.41, 5.74) is 6.62. The third-order valence-electron chi connectivity index (χ3n) is 7.37. The predicted molar refractivity (Wildman–Crippen MR) is 166 cm³/mol. The number of pyridine rings is 2. The Kier molecular flexibility index (Phi) is 9.83. The Morgan fingerprint density at radius 2 is 1.76 bits per heavy atom. The first-order chi connectivity index (χ1) is 19.9.